The molecule has 0 amide bonds. The minimum absolute atomic E-state index is 0. The normalized spacial score (nSPS) is 38.5. The summed E-state index contributed by atoms with van der Waals surface area (Å²) in [7, 11) is -4.96. The minimum Gasteiger partial charge on any atom is -0.726 e. The van der Waals surface area contributed by atoms with Gasteiger partial charge >= 0.3 is 29.6 Å². The summed E-state index contributed by atoms with van der Waals surface area (Å²) in [6.07, 6.45) is -8.37. The fourth-order valence-electron chi connectivity index (χ4n) is 1.22. The first-order valence-electron chi connectivity index (χ1n) is 4.20. The summed E-state index contributed by atoms with van der Waals surface area (Å²) < 4.78 is 38.7. The molecule has 1 rings (SSSR count). The predicted octanol–water partition coefficient (Wildman–Crippen LogP) is -6.73. The summed E-state index contributed by atoms with van der Waals surface area (Å²) in [6, 6.07) is 0. The van der Waals surface area contributed by atoms with E-state index in [1.807, 2.05) is 0 Å². The molecule has 96 valence electrons. The number of aliphatic hydroxyl groups is 4. The fourth-order valence-corrected chi connectivity index (χ4v) is 1.52. The van der Waals surface area contributed by atoms with Gasteiger partial charge in [0.05, 0.1) is 6.61 Å². The molecule has 0 unspecified atom stereocenters. The zero-order valence-electron chi connectivity index (χ0n) is 8.83. The molecular weight excluding hydrogens is 271 g/mol. The van der Waals surface area contributed by atoms with Crippen molar-refractivity contribution in [1.29, 1.82) is 0 Å². The topological polar surface area (TPSA) is 157 Å². The van der Waals surface area contributed by atoms with E-state index in [0.29, 0.717) is 0 Å². The van der Waals surface area contributed by atoms with Gasteiger partial charge in [-0.05, 0) is 0 Å². The molecule has 1 saturated heterocycles. The molecule has 1 fully saturated rings. The Morgan fingerprint density at radius 3 is 2.12 bits per heavy atom. The number of hydrogen-bond acceptors (Lipinski definition) is 9. The van der Waals surface area contributed by atoms with Crippen molar-refractivity contribution < 1.29 is 71.9 Å². The van der Waals surface area contributed by atoms with Crippen LogP contribution in [-0.2, 0) is 19.3 Å². The Balaban J connectivity index is 0.00000256. The Hall–Kier alpha value is 0.670. The number of ether oxygens (including phenoxy) is 1. The van der Waals surface area contributed by atoms with E-state index in [1.165, 1.54) is 0 Å². The van der Waals surface area contributed by atoms with Crippen LogP contribution in [-0.4, -0.2) is 70.7 Å². The SMILES string of the molecule is O=S(=O)([O-])OC[C@H]1O[C@H](O)[C@H](O)[C@@H](O)[C@@H]1O.[Na+]. The number of aliphatic hydroxyl groups excluding tert-OH is 4. The molecule has 0 radical (unpaired) electrons. The second-order valence-electron chi connectivity index (χ2n) is 3.23. The van der Waals surface area contributed by atoms with Crippen LogP contribution in [0.25, 0.3) is 0 Å². The van der Waals surface area contributed by atoms with Crippen molar-refractivity contribution in [3.8, 4) is 0 Å². The predicted molar refractivity (Wildman–Crippen MR) is 44.5 cm³/mol. The first-order chi connectivity index (χ1) is 7.22. The van der Waals surface area contributed by atoms with Crippen molar-refractivity contribution in [3.05, 3.63) is 0 Å². The van der Waals surface area contributed by atoms with Gasteiger partial charge in [0.2, 0.25) is 10.4 Å². The van der Waals surface area contributed by atoms with E-state index < -0.39 is 47.7 Å². The average molecular weight is 282 g/mol. The van der Waals surface area contributed by atoms with Gasteiger partial charge in [-0.15, -0.1) is 0 Å². The molecule has 0 saturated carbocycles. The molecule has 17 heavy (non-hydrogen) atoms. The molecule has 9 nitrogen and oxygen atoms in total. The molecular formula is C6H11NaO9S. The Bertz CT molecular complexity index is 332. The van der Waals surface area contributed by atoms with Gasteiger partial charge in [0.25, 0.3) is 0 Å². The molecule has 11 heteroatoms. The molecule has 0 aliphatic carbocycles. The fraction of sp³-hybridized carbons (Fsp3) is 1.00. The van der Waals surface area contributed by atoms with E-state index in [2.05, 4.69) is 8.92 Å². The third-order valence-electron chi connectivity index (χ3n) is 2.06. The van der Waals surface area contributed by atoms with E-state index in [4.69, 9.17) is 10.2 Å². The Labute approximate surface area is 119 Å². The van der Waals surface area contributed by atoms with Crippen LogP contribution < -0.4 is 29.6 Å². The smallest absolute Gasteiger partial charge is 0.726 e. The molecule has 0 aromatic heterocycles. The van der Waals surface area contributed by atoms with Crippen molar-refractivity contribution in [1.82, 2.24) is 0 Å². The zero-order chi connectivity index (χ0) is 12.5. The Morgan fingerprint density at radius 2 is 1.65 bits per heavy atom. The van der Waals surface area contributed by atoms with E-state index in [0.717, 1.165) is 0 Å². The summed E-state index contributed by atoms with van der Waals surface area (Å²) in [5.41, 5.74) is 0. The summed E-state index contributed by atoms with van der Waals surface area (Å²) >= 11 is 0. The van der Waals surface area contributed by atoms with E-state index in [-0.39, 0.29) is 29.6 Å². The molecule has 1 aliphatic rings. The zero-order valence-corrected chi connectivity index (χ0v) is 11.6. The van der Waals surface area contributed by atoms with Crippen LogP contribution in [0.3, 0.4) is 0 Å². The van der Waals surface area contributed by atoms with Crippen molar-refractivity contribution in [2.45, 2.75) is 30.7 Å². The van der Waals surface area contributed by atoms with E-state index in [9.17, 15) is 23.2 Å². The number of rotatable bonds is 3. The largest absolute Gasteiger partial charge is 1.00 e. The molecule has 0 aromatic carbocycles. The maximum absolute atomic E-state index is 10.1. The third-order valence-corrected chi connectivity index (χ3v) is 2.49. The van der Waals surface area contributed by atoms with Gasteiger partial charge in [-0.25, -0.2) is 8.42 Å². The van der Waals surface area contributed by atoms with Crippen molar-refractivity contribution in [3.63, 3.8) is 0 Å². The van der Waals surface area contributed by atoms with Crippen LogP contribution in [0.5, 0.6) is 0 Å². The average Bonchev–Trinajstić information content (AvgIpc) is 2.17. The molecule has 0 aromatic rings. The number of hydrogen-bond donors (Lipinski definition) is 4. The van der Waals surface area contributed by atoms with Crippen molar-refractivity contribution >= 4 is 10.4 Å². The second-order valence-corrected chi connectivity index (χ2v) is 4.28. The van der Waals surface area contributed by atoms with Gasteiger partial charge < -0.3 is 29.7 Å². The summed E-state index contributed by atoms with van der Waals surface area (Å²) in [5, 5.41) is 36.6. The second kappa shape index (κ2) is 6.73. The van der Waals surface area contributed by atoms with Crippen molar-refractivity contribution in [2.75, 3.05) is 6.61 Å². The minimum atomic E-state index is -4.96. The molecule has 4 N–H and O–H groups in total. The van der Waals surface area contributed by atoms with Crippen LogP contribution in [0.2, 0.25) is 0 Å². The Morgan fingerprint density at radius 1 is 1.12 bits per heavy atom. The molecule has 0 bridgehead atoms. The first kappa shape index (κ1) is 17.7. The van der Waals surface area contributed by atoms with Crippen LogP contribution in [0.1, 0.15) is 0 Å². The van der Waals surface area contributed by atoms with Gasteiger partial charge in [-0.1, -0.05) is 0 Å². The maximum atomic E-state index is 10.1. The summed E-state index contributed by atoms with van der Waals surface area (Å²) in [4.78, 5) is 0. The van der Waals surface area contributed by atoms with E-state index in [1.54, 1.807) is 0 Å². The summed E-state index contributed by atoms with van der Waals surface area (Å²) in [5.74, 6) is 0. The Kier molecular flexibility index (Phi) is 6.99. The van der Waals surface area contributed by atoms with Gasteiger partial charge in [-0.2, -0.15) is 0 Å². The maximum Gasteiger partial charge on any atom is 1.00 e. The van der Waals surface area contributed by atoms with E-state index >= 15 is 0 Å². The monoisotopic (exact) mass is 282 g/mol. The van der Waals surface area contributed by atoms with Gasteiger partial charge in [0, 0.05) is 0 Å². The van der Waals surface area contributed by atoms with Gasteiger partial charge in [0.15, 0.2) is 6.29 Å². The van der Waals surface area contributed by atoms with Crippen LogP contribution in [0.15, 0.2) is 0 Å². The quantitative estimate of drug-likeness (QED) is 0.224. The van der Waals surface area contributed by atoms with Crippen LogP contribution in [0.4, 0.5) is 0 Å². The molecule has 0 spiro atoms. The standard InChI is InChI=1S/C6H12O9S.Na/c7-3-2(1-14-16(11,12)13)15-6(10)5(9)4(3)8;/h2-10H,1H2,(H,11,12,13);/q;+1/p-1/t2-,3-,4+,5-,6+;/m1./s1. The van der Waals surface area contributed by atoms with Crippen molar-refractivity contribution in [2.24, 2.45) is 0 Å². The first-order valence-corrected chi connectivity index (χ1v) is 5.53. The molecule has 1 aliphatic heterocycles. The molecule has 1 heterocycles. The van der Waals surface area contributed by atoms with Gasteiger partial charge in [-0.3, -0.25) is 4.18 Å². The van der Waals surface area contributed by atoms with Crippen LogP contribution >= 0.6 is 0 Å². The van der Waals surface area contributed by atoms with Crippen LogP contribution in [0, 0.1) is 0 Å². The third kappa shape index (κ3) is 5.04. The molecule has 5 atom stereocenters. The summed E-state index contributed by atoms with van der Waals surface area (Å²) in [6.45, 7) is -0.867. The van der Waals surface area contributed by atoms with Gasteiger partial charge in [0.1, 0.15) is 24.4 Å².